The number of aliphatic hydroxyl groups excluding tert-OH is 1. The van der Waals surface area contributed by atoms with Crippen molar-refractivity contribution in [2.75, 3.05) is 5.32 Å². The minimum atomic E-state index is -2.96. The summed E-state index contributed by atoms with van der Waals surface area (Å²) in [6, 6.07) is 11.4. The third kappa shape index (κ3) is 4.77. The van der Waals surface area contributed by atoms with Gasteiger partial charge in [-0.1, -0.05) is 6.07 Å². The number of hydrogen-bond donors (Lipinski definition) is 2. The Labute approximate surface area is 214 Å². The third-order valence-electron chi connectivity index (χ3n) is 6.11. The molecule has 1 aliphatic rings. The van der Waals surface area contributed by atoms with Gasteiger partial charge in [-0.25, -0.2) is 9.97 Å². The lowest BCUT2D eigenvalue weighted by atomic mass is 10.1. The first-order chi connectivity index (χ1) is 18.3. The zero-order valence-corrected chi connectivity index (χ0v) is 20.3. The van der Waals surface area contributed by atoms with Crippen LogP contribution in [0.25, 0.3) is 39.0 Å². The van der Waals surface area contributed by atoms with Gasteiger partial charge in [-0.05, 0) is 56.2 Å². The van der Waals surface area contributed by atoms with Crippen LogP contribution >= 0.6 is 0 Å². The van der Waals surface area contributed by atoms with E-state index in [1.165, 1.54) is 28.8 Å². The average molecular weight is 520 g/mol. The number of ether oxygens (including phenoxy) is 1. The summed E-state index contributed by atoms with van der Waals surface area (Å²) in [6.45, 7) is -0.940. The fraction of sp³-hybridized carbons (Fsp3) is 0.269. The van der Waals surface area contributed by atoms with Gasteiger partial charge in [0.25, 0.3) is 5.56 Å². The molecule has 6 rings (SSSR count). The number of rotatable bonds is 8. The Hall–Kier alpha value is -4.45. The molecule has 0 amide bonds. The number of benzene rings is 2. The maximum Gasteiger partial charge on any atom is 0.387 e. The van der Waals surface area contributed by atoms with Gasteiger partial charge in [0.1, 0.15) is 17.0 Å². The minimum Gasteiger partial charge on any atom is -0.435 e. The number of hydrogen-bond acceptors (Lipinski definition) is 8. The molecule has 5 aromatic rings. The van der Waals surface area contributed by atoms with Crippen molar-refractivity contribution in [2.24, 2.45) is 0 Å². The highest BCUT2D eigenvalue weighted by Crippen LogP contribution is 2.26. The number of alkyl halides is 2. The van der Waals surface area contributed by atoms with Gasteiger partial charge in [-0.3, -0.25) is 14.0 Å². The molecule has 12 heteroatoms. The van der Waals surface area contributed by atoms with Crippen molar-refractivity contribution in [3.05, 3.63) is 65.2 Å². The number of aromatic nitrogens is 6. The molecule has 0 bridgehead atoms. The van der Waals surface area contributed by atoms with Crippen molar-refractivity contribution < 1.29 is 18.6 Å². The molecule has 0 radical (unpaired) electrons. The van der Waals surface area contributed by atoms with Crippen molar-refractivity contribution in [3.8, 4) is 22.7 Å². The topological polar surface area (TPSA) is 120 Å². The summed E-state index contributed by atoms with van der Waals surface area (Å²) in [5.74, 6) is 0.355. The summed E-state index contributed by atoms with van der Waals surface area (Å²) < 4.78 is 32.8. The number of anilines is 1. The van der Waals surface area contributed by atoms with E-state index >= 15 is 0 Å². The fourth-order valence-electron chi connectivity index (χ4n) is 4.25. The van der Waals surface area contributed by atoms with Gasteiger partial charge in [0.15, 0.2) is 5.65 Å². The number of nitrogens with zero attached hydrogens (tertiary/aromatic N) is 6. The van der Waals surface area contributed by atoms with E-state index in [0.717, 1.165) is 18.2 Å². The molecule has 2 aromatic carbocycles. The molecule has 0 saturated heterocycles. The smallest absolute Gasteiger partial charge is 0.387 e. The van der Waals surface area contributed by atoms with Crippen molar-refractivity contribution in [1.82, 2.24) is 29.3 Å². The zero-order valence-electron chi connectivity index (χ0n) is 20.3. The lowest BCUT2D eigenvalue weighted by Gasteiger charge is -2.13. The van der Waals surface area contributed by atoms with Crippen LogP contribution in [0.3, 0.4) is 0 Å². The van der Waals surface area contributed by atoms with E-state index in [9.17, 15) is 18.7 Å². The minimum absolute atomic E-state index is 0.0271. The van der Waals surface area contributed by atoms with Crippen molar-refractivity contribution in [3.63, 3.8) is 0 Å². The second kappa shape index (κ2) is 9.45. The Morgan fingerprint density at radius 3 is 2.63 bits per heavy atom. The first kappa shape index (κ1) is 23.9. The van der Waals surface area contributed by atoms with E-state index in [2.05, 4.69) is 30.1 Å². The second-order valence-corrected chi connectivity index (χ2v) is 9.27. The molecule has 1 unspecified atom stereocenters. The number of nitrogens with one attached hydrogen (secondary N) is 1. The molecule has 1 saturated carbocycles. The van der Waals surface area contributed by atoms with Crippen LogP contribution < -0.4 is 15.6 Å². The van der Waals surface area contributed by atoms with Gasteiger partial charge in [0.05, 0.1) is 30.0 Å². The van der Waals surface area contributed by atoms with Crippen LogP contribution in [0.15, 0.2) is 59.7 Å². The van der Waals surface area contributed by atoms with Gasteiger partial charge in [0.2, 0.25) is 5.95 Å². The summed E-state index contributed by atoms with van der Waals surface area (Å²) in [5, 5.41) is 18.2. The Morgan fingerprint density at radius 1 is 1.13 bits per heavy atom. The maximum absolute atomic E-state index is 13.9. The molecule has 2 N–H and O–H groups in total. The highest BCUT2D eigenvalue weighted by Gasteiger charge is 2.23. The second-order valence-electron chi connectivity index (χ2n) is 9.27. The number of aliphatic hydroxyl groups is 1. The third-order valence-corrected chi connectivity index (χ3v) is 6.11. The monoisotopic (exact) mass is 519 g/mol. The molecule has 38 heavy (non-hydrogen) atoms. The maximum atomic E-state index is 13.9. The Morgan fingerprint density at radius 2 is 1.92 bits per heavy atom. The largest absolute Gasteiger partial charge is 0.435 e. The van der Waals surface area contributed by atoms with E-state index in [-0.39, 0.29) is 17.1 Å². The molecule has 1 atom stereocenters. The molecule has 0 spiro atoms. The first-order valence-electron chi connectivity index (χ1n) is 12.1. The van der Waals surface area contributed by atoms with Crippen LogP contribution in [-0.4, -0.2) is 53.2 Å². The lowest BCUT2D eigenvalue weighted by Crippen LogP contribution is -2.23. The van der Waals surface area contributed by atoms with Crippen LogP contribution in [0.4, 0.5) is 14.7 Å². The lowest BCUT2D eigenvalue weighted by molar-refractivity contribution is -0.0498. The van der Waals surface area contributed by atoms with Gasteiger partial charge in [-0.2, -0.15) is 18.9 Å². The first-order valence-corrected chi connectivity index (χ1v) is 12.1. The van der Waals surface area contributed by atoms with Crippen LogP contribution in [0.5, 0.6) is 5.75 Å². The average Bonchev–Trinajstić information content (AvgIpc) is 3.60. The summed E-state index contributed by atoms with van der Waals surface area (Å²) in [5.41, 5.74) is 2.09. The molecule has 3 heterocycles. The van der Waals surface area contributed by atoms with Crippen LogP contribution in [0, 0.1) is 0 Å². The zero-order chi connectivity index (χ0) is 26.4. The predicted molar refractivity (Wildman–Crippen MR) is 137 cm³/mol. The fourth-order valence-corrected chi connectivity index (χ4v) is 4.25. The van der Waals surface area contributed by atoms with Crippen molar-refractivity contribution in [2.45, 2.75) is 45.1 Å². The van der Waals surface area contributed by atoms with Gasteiger partial charge < -0.3 is 15.2 Å². The summed E-state index contributed by atoms with van der Waals surface area (Å²) in [7, 11) is 0. The standard InChI is InChI=1S/C26H23F2N7O3/c1-14(36)12-34-13-16-10-15(2-9-20(16)33-34)22-24(37)35(18-5-7-19(8-6-18)38-25(27)28)23-21(31-22)11-29-26(32-23)30-17-3-4-17/h2,5-11,13-14,17,25,36H,3-4,12H2,1H3,(H,29,30,32). The summed E-state index contributed by atoms with van der Waals surface area (Å²) in [6.07, 6.45) is 4.83. The van der Waals surface area contributed by atoms with Crippen LogP contribution in [0.2, 0.25) is 0 Å². The Bertz CT molecular complexity index is 1700. The molecule has 1 aliphatic carbocycles. The SMILES string of the molecule is CC(O)Cn1cc2cc(-c3nc4cnc(NC5CC5)nc4n(-c4ccc(OC(F)F)cc4)c3=O)ccc2n1. The Kier molecular flexibility index (Phi) is 5.95. The molecular formula is C26H23F2N7O3. The normalized spacial score (nSPS) is 14.3. The molecular weight excluding hydrogens is 496 g/mol. The van der Waals surface area contributed by atoms with E-state index in [1.54, 1.807) is 36.1 Å². The highest BCUT2D eigenvalue weighted by atomic mass is 19.3. The van der Waals surface area contributed by atoms with Crippen molar-refractivity contribution >= 4 is 28.0 Å². The van der Waals surface area contributed by atoms with E-state index in [0.29, 0.717) is 40.8 Å². The van der Waals surface area contributed by atoms with E-state index in [1.807, 2.05) is 6.07 Å². The van der Waals surface area contributed by atoms with Crippen molar-refractivity contribution in [1.29, 1.82) is 0 Å². The number of halogens is 2. The van der Waals surface area contributed by atoms with Crippen LogP contribution in [0.1, 0.15) is 19.8 Å². The molecule has 0 aliphatic heterocycles. The van der Waals surface area contributed by atoms with Gasteiger partial charge in [0, 0.05) is 23.2 Å². The molecule has 3 aromatic heterocycles. The van der Waals surface area contributed by atoms with E-state index in [4.69, 9.17) is 0 Å². The van der Waals surface area contributed by atoms with Gasteiger partial charge >= 0.3 is 6.61 Å². The quantitative estimate of drug-likeness (QED) is 0.318. The summed E-state index contributed by atoms with van der Waals surface area (Å²) >= 11 is 0. The van der Waals surface area contributed by atoms with Crippen LogP contribution in [-0.2, 0) is 6.54 Å². The molecule has 10 nitrogen and oxygen atoms in total. The van der Waals surface area contributed by atoms with E-state index < -0.39 is 18.3 Å². The molecule has 194 valence electrons. The Balaban J connectivity index is 1.50. The highest BCUT2D eigenvalue weighted by molar-refractivity contribution is 5.85. The predicted octanol–water partition coefficient (Wildman–Crippen LogP) is 3.75. The van der Waals surface area contributed by atoms with Gasteiger partial charge in [-0.15, -0.1) is 0 Å². The summed E-state index contributed by atoms with van der Waals surface area (Å²) in [4.78, 5) is 27.4. The molecule has 1 fully saturated rings. The number of fused-ring (bicyclic) bond motifs is 2.